The third-order valence-corrected chi connectivity index (χ3v) is 4.30. The molecule has 1 fully saturated rings. The Balaban J connectivity index is 1.59. The monoisotopic (exact) mass is 278 g/mol. The molecule has 1 saturated heterocycles. The van der Waals surface area contributed by atoms with Gasteiger partial charge in [0.25, 0.3) is 0 Å². The van der Waals surface area contributed by atoms with Gasteiger partial charge in [-0.2, -0.15) is 11.8 Å². The molecular weight excluding hydrogens is 263 g/mol. The van der Waals surface area contributed by atoms with E-state index >= 15 is 0 Å². The SMILES string of the molecule is Fc1cccc(-c2nc(CSCC3CNC3)co2)c1. The third-order valence-electron chi connectivity index (χ3n) is 3.09. The van der Waals surface area contributed by atoms with Gasteiger partial charge in [0.05, 0.1) is 5.69 Å². The van der Waals surface area contributed by atoms with E-state index < -0.39 is 0 Å². The Bertz CT molecular complexity index is 554. The molecular formula is C14H15FN2OS. The molecule has 0 amide bonds. The van der Waals surface area contributed by atoms with Crippen LogP contribution in [-0.4, -0.2) is 23.8 Å². The molecule has 0 aliphatic carbocycles. The summed E-state index contributed by atoms with van der Waals surface area (Å²) >= 11 is 1.87. The molecule has 5 heteroatoms. The largest absolute Gasteiger partial charge is 0.444 e. The molecule has 0 saturated carbocycles. The molecule has 19 heavy (non-hydrogen) atoms. The first-order valence-electron chi connectivity index (χ1n) is 6.30. The summed E-state index contributed by atoms with van der Waals surface area (Å²) in [4.78, 5) is 4.39. The Kier molecular flexibility index (Phi) is 3.84. The summed E-state index contributed by atoms with van der Waals surface area (Å²) in [6.07, 6.45) is 1.66. The first-order valence-corrected chi connectivity index (χ1v) is 7.45. The number of thioether (sulfide) groups is 1. The van der Waals surface area contributed by atoms with Crippen LogP contribution in [0.5, 0.6) is 0 Å². The van der Waals surface area contributed by atoms with Crippen molar-refractivity contribution in [2.45, 2.75) is 5.75 Å². The molecule has 3 rings (SSSR count). The molecule has 1 aliphatic rings. The van der Waals surface area contributed by atoms with Gasteiger partial charge < -0.3 is 9.73 Å². The fourth-order valence-electron chi connectivity index (χ4n) is 1.92. The lowest BCUT2D eigenvalue weighted by atomic mass is 10.1. The highest BCUT2D eigenvalue weighted by molar-refractivity contribution is 7.98. The zero-order valence-corrected chi connectivity index (χ0v) is 11.3. The van der Waals surface area contributed by atoms with E-state index in [-0.39, 0.29) is 5.82 Å². The van der Waals surface area contributed by atoms with E-state index in [0.717, 1.165) is 36.2 Å². The van der Waals surface area contributed by atoms with E-state index in [2.05, 4.69) is 10.3 Å². The second-order valence-electron chi connectivity index (χ2n) is 4.69. The molecule has 0 atom stereocenters. The first-order chi connectivity index (χ1) is 9.31. The minimum absolute atomic E-state index is 0.274. The van der Waals surface area contributed by atoms with Crippen LogP contribution in [0, 0.1) is 11.7 Å². The summed E-state index contributed by atoms with van der Waals surface area (Å²) < 4.78 is 18.5. The maximum absolute atomic E-state index is 13.1. The summed E-state index contributed by atoms with van der Waals surface area (Å²) in [6, 6.07) is 6.30. The predicted molar refractivity (Wildman–Crippen MR) is 74.4 cm³/mol. The van der Waals surface area contributed by atoms with Gasteiger partial charge in [0.15, 0.2) is 0 Å². The molecule has 0 unspecified atom stereocenters. The lowest BCUT2D eigenvalue weighted by Gasteiger charge is -2.26. The van der Waals surface area contributed by atoms with E-state index in [9.17, 15) is 4.39 Å². The normalized spacial score (nSPS) is 15.4. The van der Waals surface area contributed by atoms with Crippen LogP contribution >= 0.6 is 11.8 Å². The fraction of sp³-hybridized carbons (Fsp3) is 0.357. The van der Waals surface area contributed by atoms with Gasteiger partial charge in [0, 0.05) is 11.3 Å². The minimum Gasteiger partial charge on any atom is -0.444 e. The fourth-order valence-corrected chi connectivity index (χ4v) is 2.95. The van der Waals surface area contributed by atoms with E-state index in [4.69, 9.17) is 4.42 Å². The standard InChI is InChI=1S/C14H15FN2OS/c15-12-3-1-2-11(4-12)14-17-13(7-18-14)9-19-8-10-5-16-6-10/h1-4,7,10,16H,5-6,8-9H2. The van der Waals surface area contributed by atoms with E-state index in [0.29, 0.717) is 11.5 Å². The highest BCUT2D eigenvalue weighted by Gasteiger charge is 2.16. The van der Waals surface area contributed by atoms with Crippen LogP contribution in [-0.2, 0) is 5.75 Å². The molecule has 1 aromatic heterocycles. The van der Waals surface area contributed by atoms with Crippen molar-refractivity contribution in [3.05, 3.63) is 42.0 Å². The highest BCUT2D eigenvalue weighted by Crippen LogP contribution is 2.22. The molecule has 2 heterocycles. The zero-order valence-electron chi connectivity index (χ0n) is 10.4. The number of nitrogens with zero attached hydrogens (tertiary/aromatic N) is 1. The van der Waals surface area contributed by atoms with Crippen LogP contribution in [0.15, 0.2) is 34.9 Å². The van der Waals surface area contributed by atoms with Crippen LogP contribution < -0.4 is 5.32 Å². The summed E-state index contributed by atoms with van der Waals surface area (Å²) in [5.74, 6) is 2.99. The Hall–Kier alpha value is -1.33. The molecule has 2 aromatic rings. The van der Waals surface area contributed by atoms with E-state index in [1.165, 1.54) is 12.1 Å². The van der Waals surface area contributed by atoms with Gasteiger partial charge in [-0.05, 0) is 43.0 Å². The molecule has 1 aliphatic heterocycles. The Morgan fingerprint density at radius 2 is 2.32 bits per heavy atom. The lowest BCUT2D eigenvalue weighted by molar-refractivity contribution is 0.385. The first kappa shape index (κ1) is 12.7. The molecule has 100 valence electrons. The average Bonchev–Trinajstić information content (AvgIpc) is 2.81. The zero-order chi connectivity index (χ0) is 13.1. The van der Waals surface area contributed by atoms with Crippen LogP contribution in [0.2, 0.25) is 0 Å². The van der Waals surface area contributed by atoms with Crippen molar-refractivity contribution in [3.8, 4) is 11.5 Å². The maximum Gasteiger partial charge on any atom is 0.226 e. The van der Waals surface area contributed by atoms with Crippen molar-refractivity contribution in [3.63, 3.8) is 0 Å². The van der Waals surface area contributed by atoms with Crippen LogP contribution in [0.4, 0.5) is 4.39 Å². The van der Waals surface area contributed by atoms with Crippen LogP contribution in [0.25, 0.3) is 11.5 Å². The van der Waals surface area contributed by atoms with Crippen LogP contribution in [0.3, 0.4) is 0 Å². The number of oxazole rings is 1. The molecule has 0 spiro atoms. The van der Waals surface area contributed by atoms with Gasteiger partial charge >= 0.3 is 0 Å². The number of rotatable bonds is 5. The second kappa shape index (κ2) is 5.75. The van der Waals surface area contributed by atoms with Gasteiger partial charge in [0.2, 0.25) is 5.89 Å². The molecule has 1 N–H and O–H groups in total. The van der Waals surface area contributed by atoms with E-state index in [1.807, 2.05) is 11.8 Å². The summed E-state index contributed by atoms with van der Waals surface area (Å²) in [5, 5.41) is 3.26. The van der Waals surface area contributed by atoms with Gasteiger partial charge in [0.1, 0.15) is 12.1 Å². The quantitative estimate of drug-likeness (QED) is 0.912. The lowest BCUT2D eigenvalue weighted by Crippen LogP contribution is -2.43. The maximum atomic E-state index is 13.1. The van der Waals surface area contributed by atoms with Gasteiger partial charge in [-0.15, -0.1) is 0 Å². The van der Waals surface area contributed by atoms with Gasteiger partial charge in [-0.3, -0.25) is 0 Å². The second-order valence-corrected chi connectivity index (χ2v) is 5.72. The van der Waals surface area contributed by atoms with Crippen molar-refractivity contribution in [2.24, 2.45) is 5.92 Å². The van der Waals surface area contributed by atoms with Gasteiger partial charge in [-0.1, -0.05) is 6.07 Å². The number of hydrogen-bond donors (Lipinski definition) is 1. The van der Waals surface area contributed by atoms with Crippen molar-refractivity contribution in [1.82, 2.24) is 10.3 Å². The number of halogens is 1. The molecule has 3 nitrogen and oxygen atoms in total. The van der Waals surface area contributed by atoms with Crippen molar-refractivity contribution in [2.75, 3.05) is 18.8 Å². The van der Waals surface area contributed by atoms with E-state index in [1.54, 1.807) is 18.4 Å². The predicted octanol–water partition coefficient (Wildman–Crippen LogP) is 2.93. The minimum atomic E-state index is -0.274. The number of hydrogen-bond acceptors (Lipinski definition) is 4. The summed E-state index contributed by atoms with van der Waals surface area (Å²) in [5.41, 5.74) is 1.59. The van der Waals surface area contributed by atoms with Crippen molar-refractivity contribution in [1.29, 1.82) is 0 Å². The Morgan fingerprint density at radius 1 is 1.42 bits per heavy atom. The smallest absolute Gasteiger partial charge is 0.226 e. The van der Waals surface area contributed by atoms with Crippen LogP contribution in [0.1, 0.15) is 5.69 Å². The van der Waals surface area contributed by atoms with Crippen molar-refractivity contribution < 1.29 is 8.81 Å². The van der Waals surface area contributed by atoms with Gasteiger partial charge in [-0.25, -0.2) is 9.37 Å². The molecule has 0 bridgehead atoms. The Morgan fingerprint density at radius 3 is 3.05 bits per heavy atom. The Labute approximate surface area is 115 Å². The molecule has 1 aromatic carbocycles. The van der Waals surface area contributed by atoms with Crippen molar-refractivity contribution >= 4 is 11.8 Å². The summed E-state index contributed by atoms with van der Waals surface area (Å²) in [6.45, 7) is 2.25. The molecule has 0 radical (unpaired) electrons. The average molecular weight is 278 g/mol. The number of benzene rings is 1. The highest BCUT2D eigenvalue weighted by atomic mass is 32.2. The number of aromatic nitrogens is 1. The third kappa shape index (κ3) is 3.16. The number of nitrogens with one attached hydrogen (secondary N) is 1. The summed E-state index contributed by atoms with van der Waals surface area (Å²) in [7, 11) is 0. The topological polar surface area (TPSA) is 38.1 Å².